The number of hydrogen-bond donors (Lipinski definition) is 0. The minimum Gasteiger partial charge on any atom is -0.367 e. The van der Waals surface area contributed by atoms with Crippen LogP contribution in [0.25, 0.3) is 0 Å². The Hall–Kier alpha value is -1.30. The van der Waals surface area contributed by atoms with Crippen LogP contribution in [-0.2, 0) is 0 Å². The van der Waals surface area contributed by atoms with Crippen molar-refractivity contribution in [3.63, 3.8) is 0 Å². The van der Waals surface area contributed by atoms with E-state index >= 15 is 0 Å². The highest BCUT2D eigenvalue weighted by Gasteiger charge is 2.34. The van der Waals surface area contributed by atoms with Crippen molar-refractivity contribution in [3.05, 3.63) is 39.9 Å². The highest BCUT2D eigenvalue weighted by Crippen LogP contribution is 2.32. The summed E-state index contributed by atoms with van der Waals surface area (Å²) in [4.78, 5) is 12.7. The zero-order chi connectivity index (χ0) is 14.0. The fourth-order valence-electron chi connectivity index (χ4n) is 2.04. The molecular formula is C13H11BrF3NO. The summed E-state index contributed by atoms with van der Waals surface area (Å²) in [6.45, 7) is 0.411. The monoisotopic (exact) mass is 333 g/mol. The Bertz CT molecular complexity index is 525. The van der Waals surface area contributed by atoms with Gasteiger partial charge in [-0.2, -0.15) is 13.2 Å². The number of aldehydes is 1. The van der Waals surface area contributed by atoms with Crippen LogP contribution < -0.4 is 4.90 Å². The quantitative estimate of drug-likeness (QED) is 0.603. The van der Waals surface area contributed by atoms with E-state index in [1.807, 2.05) is 0 Å². The van der Waals surface area contributed by atoms with Crippen molar-refractivity contribution < 1.29 is 18.0 Å². The second-order valence-corrected chi connectivity index (χ2v) is 5.16. The number of rotatable bonds is 2. The Morgan fingerprint density at radius 2 is 2.05 bits per heavy atom. The van der Waals surface area contributed by atoms with Gasteiger partial charge in [0.15, 0.2) is 6.29 Å². The van der Waals surface area contributed by atoms with Gasteiger partial charge in [-0.05, 0) is 24.6 Å². The number of nitrogens with zero attached hydrogens (tertiary/aromatic N) is 1. The number of halogens is 4. The molecule has 0 spiro atoms. The number of alkyl halides is 3. The van der Waals surface area contributed by atoms with Crippen LogP contribution in [0.2, 0.25) is 0 Å². The van der Waals surface area contributed by atoms with Gasteiger partial charge in [0.1, 0.15) is 0 Å². The molecule has 0 aromatic heterocycles. The molecule has 6 heteroatoms. The van der Waals surface area contributed by atoms with Crippen LogP contribution in [0, 0.1) is 0 Å². The first kappa shape index (κ1) is 14.1. The summed E-state index contributed by atoms with van der Waals surface area (Å²) in [6.07, 6.45) is -2.42. The summed E-state index contributed by atoms with van der Waals surface area (Å²) in [5.74, 6) is 0. The highest BCUT2D eigenvalue weighted by atomic mass is 79.9. The molecule has 102 valence electrons. The van der Waals surface area contributed by atoms with E-state index in [-0.39, 0.29) is 19.5 Å². The van der Waals surface area contributed by atoms with Crippen LogP contribution in [0.5, 0.6) is 0 Å². The fourth-order valence-corrected chi connectivity index (χ4v) is 2.38. The average Bonchev–Trinajstić information content (AvgIpc) is 2.38. The molecule has 0 unspecified atom stereocenters. The maximum Gasteiger partial charge on any atom is 0.412 e. The minimum absolute atomic E-state index is 0.0612. The van der Waals surface area contributed by atoms with Gasteiger partial charge in [-0.15, -0.1) is 0 Å². The lowest BCUT2D eigenvalue weighted by Gasteiger charge is -2.30. The largest absolute Gasteiger partial charge is 0.412 e. The summed E-state index contributed by atoms with van der Waals surface area (Å²) < 4.78 is 38.4. The molecule has 0 atom stereocenters. The number of hydrogen-bond acceptors (Lipinski definition) is 2. The lowest BCUT2D eigenvalue weighted by Crippen LogP contribution is -2.32. The van der Waals surface area contributed by atoms with E-state index < -0.39 is 11.7 Å². The Morgan fingerprint density at radius 3 is 2.58 bits per heavy atom. The fraction of sp³-hybridized carbons (Fsp3) is 0.308. The molecule has 1 aliphatic heterocycles. The van der Waals surface area contributed by atoms with Crippen LogP contribution in [0.15, 0.2) is 34.3 Å². The van der Waals surface area contributed by atoms with Crippen molar-refractivity contribution >= 4 is 27.9 Å². The smallest absolute Gasteiger partial charge is 0.367 e. The van der Waals surface area contributed by atoms with Crippen molar-refractivity contribution in [1.29, 1.82) is 0 Å². The van der Waals surface area contributed by atoms with Gasteiger partial charge >= 0.3 is 6.18 Å². The van der Waals surface area contributed by atoms with Crippen LogP contribution in [0.3, 0.4) is 0 Å². The standard InChI is InChI=1S/C13H11BrF3NO/c14-11-2-1-9(8-19)12(7-11)18-5-3-10(4-6-18)13(15,16)17/h1-3,7-8H,4-6H2. The Morgan fingerprint density at radius 1 is 1.32 bits per heavy atom. The van der Waals surface area contributed by atoms with E-state index in [1.165, 1.54) is 6.08 Å². The molecule has 2 nitrogen and oxygen atoms in total. The number of benzene rings is 1. The Labute approximate surface area is 117 Å². The van der Waals surface area contributed by atoms with Gasteiger partial charge in [-0.25, -0.2) is 0 Å². The molecule has 1 aromatic rings. The molecule has 0 bridgehead atoms. The first-order valence-electron chi connectivity index (χ1n) is 5.67. The van der Waals surface area contributed by atoms with E-state index in [1.54, 1.807) is 23.1 Å². The summed E-state index contributed by atoms with van der Waals surface area (Å²) in [6, 6.07) is 5.12. The summed E-state index contributed by atoms with van der Waals surface area (Å²) in [5, 5.41) is 0. The van der Waals surface area contributed by atoms with Gasteiger partial charge in [0.05, 0.1) is 0 Å². The zero-order valence-electron chi connectivity index (χ0n) is 9.88. The van der Waals surface area contributed by atoms with Crippen molar-refractivity contribution in [2.75, 3.05) is 18.0 Å². The molecule has 0 amide bonds. The average molecular weight is 334 g/mol. The second kappa shape index (κ2) is 5.36. The minimum atomic E-state index is -4.25. The third-order valence-electron chi connectivity index (χ3n) is 3.03. The predicted octanol–water partition coefficient (Wildman–Crippen LogP) is 3.96. The molecule has 1 aliphatic rings. The molecule has 0 radical (unpaired) electrons. The summed E-state index contributed by atoms with van der Waals surface area (Å²) in [5.41, 5.74) is 0.639. The molecule has 19 heavy (non-hydrogen) atoms. The van der Waals surface area contributed by atoms with E-state index in [2.05, 4.69) is 15.9 Å². The maximum atomic E-state index is 12.5. The van der Waals surface area contributed by atoms with Crippen molar-refractivity contribution in [3.8, 4) is 0 Å². The van der Waals surface area contributed by atoms with E-state index in [9.17, 15) is 18.0 Å². The summed E-state index contributed by atoms with van der Waals surface area (Å²) >= 11 is 3.30. The third-order valence-corrected chi connectivity index (χ3v) is 3.53. The van der Waals surface area contributed by atoms with Gasteiger partial charge < -0.3 is 4.90 Å². The van der Waals surface area contributed by atoms with Crippen LogP contribution in [0.1, 0.15) is 16.8 Å². The van der Waals surface area contributed by atoms with Crippen LogP contribution >= 0.6 is 15.9 Å². The molecule has 0 saturated heterocycles. The summed E-state index contributed by atoms with van der Waals surface area (Å²) in [7, 11) is 0. The van der Waals surface area contributed by atoms with Crippen molar-refractivity contribution in [2.24, 2.45) is 0 Å². The van der Waals surface area contributed by atoms with Crippen LogP contribution in [0.4, 0.5) is 18.9 Å². The van der Waals surface area contributed by atoms with Gasteiger partial charge in [0.2, 0.25) is 0 Å². The van der Waals surface area contributed by atoms with Crippen LogP contribution in [-0.4, -0.2) is 25.6 Å². The topological polar surface area (TPSA) is 20.3 Å². The number of anilines is 1. The predicted molar refractivity (Wildman–Crippen MR) is 70.5 cm³/mol. The molecule has 2 rings (SSSR count). The van der Waals surface area contributed by atoms with Crippen molar-refractivity contribution in [1.82, 2.24) is 0 Å². The first-order chi connectivity index (χ1) is 8.91. The molecule has 1 aromatic carbocycles. The molecule has 0 fully saturated rings. The van der Waals surface area contributed by atoms with Crippen molar-refractivity contribution in [2.45, 2.75) is 12.6 Å². The number of carbonyl (C=O) groups is 1. The Kier molecular flexibility index (Phi) is 3.99. The highest BCUT2D eigenvalue weighted by molar-refractivity contribution is 9.10. The van der Waals surface area contributed by atoms with Gasteiger partial charge in [0, 0.05) is 34.4 Å². The molecule has 0 N–H and O–H groups in total. The number of carbonyl (C=O) groups excluding carboxylic acids is 1. The SMILES string of the molecule is O=Cc1ccc(Br)cc1N1CC=C(C(F)(F)F)CC1. The van der Waals surface area contributed by atoms with Gasteiger partial charge in [-0.3, -0.25) is 4.79 Å². The molecule has 0 saturated carbocycles. The van der Waals surface area contributed by atoms with E-state index in [4.69, 9.17) is 0 Å². The third kappa shape index (κ3) is 3.18. The molecular weight excluding hydrogens is 323 g/mol. The van der Waals surface area contributed by atoms with Gasteiger partial charge in [-0.1, -0.05) is 22.0 Å². The second-order valence-electron chi connectivity index (χ2n) is 4.24. The van der Waals surface area contributed by atoms with E-state index in [0.717, 1.165) is 4.47 Å². The molecule has 1 heterocycles. The first-order valence-corrected chi connectivity index (χ1v) is 6.47. The Balaban J connectivity index is 2.25. The molecule has 0 aliphatic carbocycles. The maximum absolute atomic E-state index is 12.5. The van der Waals surface area contributed by atoms with Gasteiger partial charge in [0.25, 0.3) is 0 Å². The van der Waals surface area contributed by atoms with E-state index in [0.29, 0.717) is 17.5 Å². The zero-order valence-corrected chi connectivity index (χ0v) is 11.5. The normalized spacial score (nSPS) is 16.2. The lowest BCUT2D eigenvalue weighted by atomic mass is 10.1. The lowest BCUT2D eigenvalue weighted by molar-refractivity contribution is -0.0944.